The zero-order valence-electron chi connectivity index (χ0n) is 12.9. The number of aromatic nitrogens is 1. The van der Waals surface area contributed by atoms with Crippen LogP contribution in [0.3, 0.4) is 0 Å². The molecule has 0 bridgehead atoms. The Morgan fingerprint density at radius 1 is 1.27 bits per heavy atom. The molecule has 1 aliphatic heterocycles. The molecule has 1 atom stereocenters. The lowest BCUT2D eigenvalue weighted by atomic mass is 10.1. The SMILES string of the molecule is CCCN(Cc1cccc2cccnc12)C1CCS(=O)(=O)C1. The zero-order chi connectivity index (χ0) is 15.6. The molecule has 4 nitrogen and oxygen atoms in total. The first kappa shape index (κ1) is 15.4. The van der Waals surface area contributed by atoms with Gasteiger partial charge in [0.05, 0.1) is 17.0 Å². The summed E-state index contributed by atoms with van der Waals surface area (Å²) < 4.78 is 23.6. The number of hydrogen-bond donors (Lipinski definition) is 0. The Hall–Kier alpha value is -1.46. The van der Waals surface area contributed by atoms with E-state index in [0.29, 0.717) is 11.5 Å². The Morgan fingerprint density at radius 2 is 2.09 bits per heavy atom. The van der Waals surface area contributed by atoms with Crippen molar-refractivity contribution in [2.24, 2.45) is 0 Å². The second-order valence-electron chi connectivity index (χ2n) is 6.02. The van der Waals surface area contributed by atoms with Gasteiger partial charge in [-0.05, 0) is 31.0 Å². The van der Waals surface area contributed by atoms with E-state index in [1.54, 1.807) is 0 Å². The molecule has 2 heterocycles. The molecule has 22 heavy (non-hydrogen) atoms. The smallest absolute Gasteiger partial charge is 0.151 e. The molecule has 0 saturated carbocycles. The van der Waals surface area contributed by atoms with Crippen LogP contribution in [0.5, 0.6) is 0 Å². The van der Waals surface area contributed by atoms with Crippen molar-refractivity contribution in [3.05, 3.63) is 42.1 Å². The van der Waals surface area contributed by atoms with E-state index in [2.05, 4.69) is 41.1 Å². The summed E-state index contributed by atoms with van der Waals surface area (Å²) in [5.74, 6) is 0.622. The monoisotopic (exact) mass is 318 g/mol. The van der Waals surface area contributed by atoms with Crippen molar-refractivity contribution in [2.75, 3.05) is 18.1 Å². The van der Waals surface area contributed by atoms with E-state index in [1.807, 2.05) is 12.3 Å². The predicted octanol–water partition coefficient (Wildman–Crippen LogP) is 2.63. The first-order valence-corrected chi connectivity index (χ1v) is 9.68. The fourth-order valence-electron chi connectivity index (χ4n) is 3.26. The van der Waals surface area contributed by atoms with Crippen LogP contribution in [0.2, 0.25) is 0 Å². The van der Waals surface area contributed by atoms with Gasteiger partial charge in [0.15, 0.2) is 9.84 Å². The number of rotatable bonds is 5. The summed E-state index contributed by atoms with van der Waals surface area (Å²) in [5, 5.41) is 1.13. The van der Waals surface area contributed by atoms with Gasteiger partial charge in [0.2, 0.25) is 0 Å². The summed E-state index contributed by atoms with van der Waals surface area (Å²) in [6, 6.07) is 10.4. The van der Waals surface area contributed by atoms with Crippen LogP contribution in [0.4, 0.5) is 0 Å². The van der Waals surface area contributed by atoms with Crippen LogP contribution in [0, 0.1) is 0 Å². The Morgan fingerprint density at radius 3 is 2.82 bits per heavy atom. The fraction of sp³-hybridized carbons (Fsp3) is 0.471. The highest BCUT2D eigenvalue weighted by Crippen LogP contribution is 2.23. The molecule has 0 radical (unpaired) electrons. The maximum atomic E-state index is 11.8. The van der Waals surface area contributed by atoms with Crippen LogP contribution in [0.25, 0.3) is 10.9 Å². The molecule has 1 aliphatic rings. The van der Waals surface area contributed by atoms with Gasteiger partial charge in [0.25, 0.3) is 0 Å². The average Bonchev–Trinajstić information content (AvgIpc) is 2.87. The maximum Gasteiger partial charge on any atom is 0.151 e. The van der Waals surface area contributed by atoms with E-state index in [0.717, 1.165) is 36.8 Å². The van der Waals surface area contributed by atoms with Crippen LogP contribution in [-0.4, -0.2) is 42.4 Å². The normalized spacial score (nSPS) is 20.7. The number of para-hydroxylation sites is 1. The third-order valence-electron chi connectivity index (χ3n) is 4.33. The van der Waals surface area contributed by atoms with Gasteiger partial charge in [-0.25, -0.2) is 8.42 Å². The minimum Gasteiger partial charge on any atom is -0.295 e. The molecule has 0 spiro atoms. The molecule has 0 N–H and O–H groups in total. The molecule has 0 aliphatic carbocycles. The molecule has 118 valence electrons. The first-order valence-electron chi connectivity index (χ1n) is 7.86. The molecule has 1 aromatic heterocycles. The summed E-state index contributed by atoms with van der Waals surface area (Å²) in [4.78, 5) is 6.82. The van der Waals surface area contributed by atoms with Crippen molar-refractivity contribution >= 4 is 20.7 Å². The number of pyridine rings is 1. The highest BCUT2D eigenvalue weighted by atomic mass is 32.2. The average molecular weight is 318 g/mol. The molecule has 1 aromatic carbocycles. The molecular weight excluding hydrogens is 296 g/mol. The summed E-state index contributed by atoms with van der Waals surface area (Å²) in [6.07, 6.45) is 3.59. The number of sulfone groups is 1. The lowest BCUT2D eigenvalue weighted by Crippen LogP contribution is -2.36. The number of benzene rings is 1. The maximum absolute atomic E-state index is 11.8. The van der Waals surface area contributed by atoms with Gasteiger partial charge in [-0.15, -0.1) is 0 Å². The number of fused-ring (bicyclic) bond motifs is 1. The predicted molar refractivity (Wildman–Crippen MR) is 89.5 cm³/mol. The third-order valence-corrected chi connectivity index (χ3v) is 6.08. The standard InChI is InChI=1S/C17H22N2O2S/c1-2-10-19(16-8-11-22(20,21)13-16)12-15-6-3-5-14-7-4-9-18-17(14)15/h3-7,9,16H,2,8,10-13H2,1H3. The van der Waals surface area contributed by atoms with Crippen molar-refractivity contribution in [1.82, 2.24) is 9.88 Å². The van der Waals surface area contributed by atoms with Crippen molar-refractivity contribution in [2.45, 2.75) is 32.4 Å². The molecule has 0 amide bonds. The van der Waals surface area contributed by atoms with E-state index < -0.39 is 9.84 Å². The topological polar surface area (TPSA) is 50.3 Å². The Labute approximate surface area is 132 Å². The second-order valence-corrected chi connectivity index (χ2v) is 8.25. The van der Waals surface area contributed by atoms with E-state index in [9.17, 15) is 8.42 Å². The van der Waals surface area contributed by atoms with Gasteiger partial charge in [0, 0.05) is 24.2 Å². The lowest BCUT2D eigenvalue weighted by molar-refractivity contribution is 0.204. The number of nitrogens with zero attached hydrogens (tertiary/aromatic N) is 2. The molecule has 2 aromatic rings. The minimum atomic E-state index is -2.85. The molecule has 5 heteroatoms. The number of hydrogen-bond acceptors (Lipinski definition) is 4. The van der Waals surface area contributed by atoms with Crippen molar-refractivity contribution < 1.29 is 8.42 Å². The quantitative estimate of drug-likeness (QED) is 0.850. The van der Waals surface area contributed by atoms with Gasteiger partial charge in [-0.1, -0.05) is 31.2 Å². The molecule has 1 unspecified atom stereocenters. The van der Waals surface area contributed by atoms with Crippen LogP contribution in [0.1, 0.15) is 25.3 Å². The van der Waals surface area contributed by atoms with Gasteiger partial charge < -0.3 is 0 Å². The minimum absolute atomic E-state index is 0.143. The summed E-state index contributed by atoms with van der Waals surface area (Å²) in [6.45, 7) is 3.82. The zero-order valence-corrected chi connectivity index (χ0v) is 13.7. The van der Waals surface area contributed by atoms with Gasteiger partial charge >= 0.3 is 0 Å². The second kappa shape index (κ2) is 6.34. The van der Waals surface area contributed by atoms with Crippen molar-refractivity contribution in [3.63, 3.8) is 0 Å². The Kier molecular flexibility index (Phi) is 4.45. The molecule has 1 saturated heterocycles. The Balaban J connectivity index is 1.87. The van der Waals surface area contributed by atoms with Crippen LogP contribution in [0.15, 0.2) is 36.5 Å². The van der Waals surface area contributed by atoms with Crippen LogP contribution < -0.4 is 0 Å². The van der Waals surface area contributed by atoms with E-state index in [1.165, 1.54) is 5.56 Å². The van der Waals surface area contributed by atoms with Crippen LogP contribution >= 0.6 is 0 Å². The van der Waals surface area contributed by atoms with Gasteiger partial charge in [-0.3, -0.25) is 9.88 Å². The largest absolute Gasteiger partial charge is 0.295 e. The summed E-state index contributed by atoms with van der Waals surface area (Å²) in [7, 11) is -2.85. The highest BCUT2D eigenvalue weighted by Gasteiger charge is 2.32. The lowest BCUT2D eigenvalue weighted by Gasteiger charge is -2.28. The summed E-state index contributed by atoms with van der Waals surface area (Å²) in [5.41, 5.74) is 2.20. The van der Waals surface area contributed by atoms with Crippen molar-refractivity contribution in [1.29, 1.82) is 0 Å². The van der Waals surface area contributed by atoms with E-state index in [4.69, 9.17) is 0 Å². The van der Waals surface area contributed by atoms with E-state index in [-0.39, 0.29) is 6.04 Å². The van der Waals surface area contributed by atoms with Crippen LogP contribution in [-0.2, 0) is 16.4 Å². The first-order chi connectivity index (χ1) is 10.6. The molecule has 1 fully saturated rings. The molecule has 3 rings (SSSR count). The molecular formula is C17H22N2O2S. The fourth-order valence-corrected chi connectivity index (χ4v) is 5.02. The highest BCUT2D eigenvalue weighted by molar-refractivity contribution is 7.91. The summed E-state index contributed by atoms with van der Waals surface area (Å²) >= 11 is 0. The van der Waals surface area contributed by atoms with Crippen molar-refractivity contribution in [3.8, 4) is 0 Å². The Bertz CT molecular complexity index is 753. The van der Waals surface area contributed by atoms with Gasteiger partial charge in [0.1, 0.15) is 0 Å². The third kappa shape index (κ3) is 3.31. The van der Waals surface area contributed by atoms with Gasteiger partial charge in [-0.2, -0.15) is 0 Å². The van der Waals surface area contributed by atoms with E-state index >= 15 is 0 Å².